The SMILES string of the molecule is CCC(=O)c1cccc(S(=O)(=O)NC2CCNCC2)c1.Cl. The molecule has 0 amide bonds. The summed E-state index contributed by atoms with van der Waals surface area (Å²) in [6.45, 7) is 3.40. The summed E-state index contributed by atoms with van der Waals surface area (Å²) in [6.07, 6.45) is 1.94. The van der Waals surface area contributed by atoms with Crippen LogP contribution in [-0.4, -0.2) is 33.3 Å². The summed E-state index contributed by atoms with van der Waals surface area (Å²) in [5.74, 6) is -0.0519. The smallest absolute Gasteiger partial charge is 0.240 e. The van der Waals surface area contributed by atoms with Crippen LogP contribution in [0.25, 0.3) is 0 Å². The molecule has 2 N–H and O–H groups in total. The topological polar surface area (TPSA) is 75.3 Å². The lowest BCUT2D eigenvalue weighted by atomic mass is 10.1. The molecule has 5 nitrogen and oxygen atoms in total. The van der Waals surface area contributed by atoms with Crippen molar-refractivity contribution in [2.45, 2.75) is 37.1 Å². The second kappa shape index (κ2) is 7.89. The van der Waals surface area contributed by atoms with Gasteiger partial charge in [-0.15, -0.1) is 12.4 Å². The van der Waals surface area contributed by atoms with Gasteiger partial charge in [-0.1, -0.05) is 19.1 Å². The summed E-state index contributed by atoms with van der Waals surface area (Å²) >= 11 is 0. The van der Waals surface area contributed by atoms with Crippen LogP contribution in [-0.2, 0) is 10.0 Å². The van der Waals surface area contributed by atoms with E-state index in [9.17, 15) is 13.2 Å². The molecule has 0 spiro atoms. The van der Waals surface area contributed by atoms with Gasteiger partial charge in [-0.3, -0.25) is 4.79 Å². The molecule has 1 heterocycles. The quantitative estimate of drug-likeness (QED) is 0.805. The molecule has 0 atom stereocenters. The van der Waals surface area contributed by atoms with Gasteiger partial charge < -0.3 is 5.32 Å². The minimum Gasteiger partial charge on any atom is -0.317 e. The van der Waals surface area contributed by atoms with Gasteiger partial charge in [0.1, 0.15) is 0 Å². The monoisotopic (exact) mass is 332 g/mol. The highest BCUT2D eigenvalue weighted by molar-refractivity contribution is 7.89. The number of hydrogen-bond acceptors (Lipinski definition) is 4. The lowest BCUT2D eigenvalue weighted by molar-refractivity contribution is 0.0988. The third kappa shape index (κ3) is 4.78. The zero-order valence-corrected chi connectivity index (χ0v) is 13.6. The van der Waals surface area contributed by atoms with Gasteiger partial charge in [0.2, 0.25) is 10.0 Å². The van der Waals surface area contributed by atoms with Gasteiger partial charge in [0.15, 0.2) is 5.78 Å². The molecule has 21 heavy (non-hydrogen) atoms. The van der Waals surface area contributed by atoms with Gasteiger partial charge in [-0.05, 0) is 38.1 Å². The van der Waals surface area contributed by atoms with E-state index in [-0.39, 0.29) is 29.1 Å². The molecule has 1 fully saturated rings. The van der Waals surface area contributed by atoms with E-state index in [0.717, 1.165) is 25.9 Å². The fourth-order valence-corrected chi connectivity index (χ4v) is 3.62. The van der Waals surface area contributed by atoms with Crippen molar-refractivity contribution in [3.8, 4) is 0 Å². The molecule has 2 rings (SSSR count). The zero-order chi connectivity index (χ0) is 14.6. The Bertz CT molecular complexity index is 584. The molecule has 0 bridgehead atoms. The van der Waals surface area contributed by atoms with E-state index < -0.39 is 10.0 Å². The molecule has 0 unspecified atom stereocenters. The number of benzene rings is 1. The Kier molecular flexibility index (Phi) is 6.80. The summed E-state index contributed by atoms with van der Waals surface area (Å²) < 4.78 is 27.4. The fraction of sp³-hybridized carbons (Fsp3) is 0.500. The Labute approximate surface area is 132 Å². The van der Waals surface area contributed by atoms with Crippen molar-refractivity contribution in [3.05, 3.63) is 29.8 Å². The van der Waals surface area contributed by atoms with Crippen LogP contribution in [0.2, 0.25) is 0 Å². The van der Waals surface area contributed by atoms with Crippen LogP contribution in [0.5, 0.6) is 0 Å². The van der Waals surface area contributed by atoms with Crippen molar-refractivity contribution in [2.75, 3.05) is 13.1 Å². The molecule has 7 heteroatoms. The second-order valence-corrected chi connectivity index (χ2v) is 6.66. The van der Waals surface area contributed by atoms with E-state index in [4.69, 9.17) is 0 Å². The number of ketones is 1. The molecule has 0 aromatic heterocycles. The average molecular weight is 333 g/mol. The summed E-state index contributed by atoms with van der Waals surface area (Å²) in [4.78, 5) is 11.8. The van der Waals surface area contributed by atoms with E-state index in [2.05, 4.69) is 10.0 Å². The predicted octanol–water partition coefficient (Wildman–Crippen LogP) is 1.73. The first-order valence-electron chi connectivity index (χ1n) is 6.89. The van der Waals surface area contributed by atoms with Crippen molar-refractivity contribution >= 4 is 28.2 Å². The number of piperidine rings is 1. The minimum atomic E-state index is -3.55. The first kappa shape index (κ1) is 18.1. The highest BCUT2D eigenvalue weighted by Gasteiger charge is 2.22. The van der Waals surface area contributed by atoms with Crippen LogP contribution in [0.4, 0.5) is 0 Å². The number of Topliss-reactive ketones (excluding diaryl/α,β-unsaturated/α-hetero) is 1. The Morgan fingerprint density at radius 3 is 2.62 bits per heavy atom. The number of hydrogen-bond donors (Lipinski definition) is 2. The molecule has 1 aromatic rings. The van der Waals surface area contributed by atoms with Gasteiger partial charge >= 0.3 is 0 Å². The predicted molar refractivity (Wildman–Crippen MR) is 84.5 cm³/mol. The maximum absolute atomic E-state index is 12.3. The van der Waals surface area contributed by atoms with E-state index >= 15 is 0 Å². The first-order valence-corrected chi connectivity index (χ1v) is 8.37. The first-order chi connectivity index (χ1) is 9.53. The molecule has 118 valence electrons. The number of carbonyl (C=O) groups excluding carboxylic acids is 1. The summed E-state index contributed by atoms with van der Waals surface area (Å²) in [5.41, 5.74) is 0.445. The van der Waals surface area contributed by atoms with Gasteiger partial charge in [0.25, 0.3) is 0 Å². The van der Waals surface area contributed by atoms with Crippen LogP contribution in [0, 0.1) is 0 Å². The minimum absolute atomic E-state index is 0. The molecular formula is C14H21ClN2O3S. The van der Waals surface area contributed by atoms with Crippen LogP contribution in [0.3, 0.4) is 0 Å². The molecule has 1 saturated heterocycles. The largest absolute Gasteiger partial charge is 0.317 e. The number of nitrogens with one attached hydrogen (secondary N) is 2. The Hall–Kier alpha value is -0.950. The van der Waals surface area contributed by atoms with E-state index in [1.54, 1.807) is 19.1 Å². The molecule has 0 saturated carbocycles. The van der Waals surface area contributed by atoms with Crippen molar-refractivity contribution in [1.29, 1.82) is 0 Å². The summed E-state index contributed by atoms with van der Waals surface area (Å²) in [6, 6.07) is 6.20. The lowest BCUT2D eigenvalue weighted by Crippen LogP contribution is -2.42. The van der Waals surface area contributed by atoms with Gasteiger partial charge in [-0.25, -0.2) is 13.1 Å². The third-order valence-corrected chi connectivity index (χ3v) is 4.97. The van der Waals surface area contributed by atoms with Gasteiger partial charge in [0.05, 0.1) is 4.90 Å². The second-order valence-electron chi connectivity index (χ2n) is 4.95. The van der Waals surface area contributed by atoms with Gasteiger partial charge in [0, 0.05) is 18.0 Å². The molecule has 1 aliphatic rings. The number of sulfonamides is 1. The number of rotatable bonds is 5. The van der Waals surface area contributed by atoms with Crippen LogP contribution >= 0.6 is 12.4 Å². The normalized spacial score (nSPS) is 16.2. The lowest BCUT2D eigenvalue weighted by Gasteiger charge is -2.23. The molecule has 0 aliphatic carbocycles. The van der Waals surface area contributed by atoms with Crippen molar-refractivity contribution < 1.29 is 13.2 Å². The Morgan fingerprint density at radius 1 is 1.33 bits per heavy atom. The fourth-order valence-electron chi connectivity index (χ4n) is 2.27. The molecule has 1 aromatic carbocycles. The molecule has 1 aliphatic heterocycles. The molecular weight excluding hydrogens is 312 g/mol. The van der Waals surface area contributed by atoms with Crippen molar-refractivity contribution in [3.63, 3.8) is 0 Å². The van der Waals surface area contributed by atoms with E-state index in [1.807, 2.05) is 0 Å². The Morgan fingerprint density at radius 2 is 2.00 bits per heavy atom. The average Bonchev–Trinajstić information content (AvgIpc) is 2.47. The van der Waals surface area contributed by atoms with Crippen LogP contribution in [0.1, 0.15) is 36.5 Å². The molecule has 0 radical (unpaired) electrons. The van der Waals surface area contributed by atoms with E-state index in [1.165, 1.54) is 12.1 Å². The highest BCUT2D eigenvalue weighted by atomic mass is 35.5. The maximum atomic E-state index is 12.3. The zero-order valence-electron chi connectivity index (χ0n) is 12.0. The van der Waals surface area contributed by atoms with Crippen LogP contribution < -0.4 is 10.0 Å². The van der Waals surface area contributed by atoms with Gasteiger partial charge in [-0.2, -0.15) is 0 Å². The highest BCUT2D eigenvalue weighted by Crippen LogP contribution is 2.15. The van der Waals surface area contributed by atoms with E-state index in [0.29, 0.717) is 12.0 Å². The standard InChI is InChI=1S/C14H20N2O3S.ClH/c1-2-14(17)11-4-3-5-13(10-11)20(18,19)16-12-6-8-15-9-7-12;/h3-5,10,12,15-16H,2,6-9H2,1H3;1H. The van der Waals surface area contributed by atoms with Crippen molar-refractivity contribution in [2.24, 2.45) is 0 Å². The Balaban J connectivity index is 0.00000220. The van der Waals surface area contributed by atoms with Crippen molar-refractivity contribution in [1.82, 2.24) is 10.0 Å². The number of carbonyl (C=O) groups is 1. The third-order valence-electron chi connectivity index (χ3n) is 3.45. The van der Waals surface area contributed by atoms with Crippen LogP contribution in [0.15, 0.2) is 29.2 Å². The summed E-state index contributed by atoms with van der Waals surface area (Å²) in [7, 11) is -3.55. The summed E-state index contributed by atoms with van der Waals surface area (Å²) in [5, 5.41) is 3.19. The maximum Gasteiger partial charge on any atom is 0.240 e. The number of halogens is 1.